The molecule has 0 N–H and O–H groups in total. The van der Waals surface area contributed by atoms with Crippen LogP contribution in [0.25, 0.3) is 21.5 Å². The number of ether oxygens (including phenoxy) is 1. The molecule has 0 atom stereocenters. The average molecular weight is 425 g/mol. The number of carbonyl (C=O) groups excluding carboxylic acids is 2. The summed E-state index contributed by atoms with van der Waals surface area (Å²) in [6.07, 6.45) is 0. The minimum atomic E-state index is -0.634. The van der Waals surface area contributed by atoms with Gasteiger partial charge in [0.1, 0.15) is 12.4 Å². The summed E-state index contributed by atoms with van der Waals surface area (Å²) < 4.78 is 26.0. The van der Waals surface area contributed by atoms with Crippen LogP contribution >= 0.6 is 11.3 Å². The average Bonchev–Trinajstić information content (AvgIpc) is 3.34. The molecular formula is C21H16FN3O4S. The quantitative estimate of drug-likeness (QED) is 0.454. The molecular weight excluding hydrogens is 409 g/mol. The van der Waals surface area contributed by atoms with Crippen LogP contribution in [-0.2, 0) is 16.1 Å². The normalized spacial score (nSPS) is 11.7. The summed E-state index contributed by atoms with van der Waals surface area (Å²) >= 11 is 1.09. The molecule has 2 aromatic heterocycles. The number of rotatable bonds is 5. The van der Waals surface area contributed by atoms with Gasteiger partial charge in [0.05, 0.1) is 16.8 Å². The lowest BCUT2D eigenvalue weighted by atomic mass is 10.1. The third-order valence-corrected chi connectivity index (χ3v) is 5.26. The lowest BCUT2D eigenvalue weighted by molar-refractivity contribution is -0.143. The Morgan fingerprint density at radius 2 is 2.00 bits per heavy atom. The fourth-order valence-electron chi connectivity index (χ4n) is 2.88. The Bertz CT molecular complexity index is 1290. The Hall–Kier alpha value is -3.59. The largest absolute Gasteiger partial charge is 0.465 e. The molecule has 2 heterocycles. The number of fused-ring (bicyclic) bond motifs is 1. The number of thiazole rings is 1. The molecule has 0 bridgehead atoms. The first-order valence-electron chi connectivity index (χ1n) is 9.11. The van der Waals surface area contributed by atoms with Crippen molar-refractivity contribution in [2.24, 2.45) is 4.99 Å². The molecule has 0 aliphatic carbocycles. The predicted molar refractivity (Wildman–Crippen MR) is 108 cm³/mol. The van der Waals surface area contributed by atoms with E-state index in [-0.39, 0.29) is 23.6 Å². The number of aromatic nitrogens is 2. The van der Waals surface area contributed by atoms with Gasteiger partial charge < -0.3 is 13.8 Å². The summed E-state index contributed by atoms with van der Waals surface area (Å²) in [7, 11) is 0. The summed E-state index contributed by atoms with van der Waals surface area (Å²) in [6, 6.07) is 14.9. The summed E-state index contributed by atoms with van der Waals surface area (Å²) in [6.45, 7) is 1.77. The van der Waals surface area contributed by atoms with Crippen molar-refractivity contribution in [1.82, 2.24) is 9.72 Å². The third-order valence-electron chi connectivity index (χ3n) is 4.22. The monoisotopic (exact) mass is 425 g/mol. The Labute approximate surface area is 174 Å². The Morgan fingerprint density at radius 3 is 2.77 bits per heavy atom. The van der Waals surface area contributed by atoms with Crippen molar-refractivity contribution in [3.8, 4) is 11.3 Å². The van der Waals surface area contributed by atoms with Crippen LogP contribution in [0.15, 0.2) is 64.1 Å². The number of halogens is 1. The van der Waals surface area contributed by atoms with Gasteiger partial charge in [0.15, 0.2) is 16.3 Å². The van der Waals surface area contributed by atoms with E-state index < -0.39 is 17.7 Å². The topological polar surface area (TPSA) is 86.7 Å². The number of hydrogen-bond donors (Lipinski definition) is 0. The van der Waals surface area contributed by atoms with Gasteiger partial charge in [-0.2, -0.15) is 4.99 Å². The number of nitrogens with zero attached hydrogens (tertiary/aromatic N) is 3. The maximum absolute atomic E-state index is 13.6. The first kappa shape index (κ1) is 19.7. The molecule has 4 rings (SSSR count). The molecule has 4 aromatic rings. The van der Waals surface area contributed by atoms with Crippen molar-refractivity contribution in [2.45, 2.75) is 13.5 Å². The maximum Gasteiger partial charge on any atom is 0.326 e. The first-order valence-corrected chi connectivity index (χ1v) is 9.92. The van der Waals surface area contributed by atoms with E-state index in [0.717, 1.165) is 16.9 Å². The first-order chi connectivity index (χ1) is 14.5. The smallest absolute Gasteiger partial charge is 0.326 e. The maximum atomic E-state index is 13.6. The standard InChI is InChI=1S/C21H16FN3O4S/c1-2-28-19(26)12-25-16-9-8-14(22)10-18(16)30-21(25)23-20(27)15-11-17(29-24-15)13-6-4-3-5-7-13/h3-11H,2,12H2,1H3. The molecule has 0 saturated heterocycles. The molecule has 0 radical (unpaired) electrons. The summed E-state index contributed by atoms with van der Waals surface area (Å²) in [5.74, 6) is -1.10. The summed E-state index contributed by atoms with van der Waals surface area (Å²) in [5, 5.41) is 3.80. The second-order valence-corrected chi connectivity index (χ2v) is 7.26. The summed E-state index contributed by atoms with van der Waals surface area (Å²) in [5.41, 5.74) is 1.38. The van der Waals surface area contributed by atoms with Crippen LogP contribution in [0, 0.1) is 5.82 Å². The van der Waals surface area contributed by atoms with Gasteiger partial charge in [-0.25, -0.2) is 4.39 Å². The molecule has 9 heteroatoms. The molecule has 0 unspecified atom stereocenters. The minimum absolute atomic E-state index is 0.0279. The number of benzene rings is 2. The predicted octanol–water partition coefficient (Wildman–Crippen LogP) is 3.80. The van der Waals surface area contributed by atoms with Crippen molar-refractivity contribution >= 4 is 33.4 Å². The van der Waals surface area contributed by atoms with Gasteiger partial charge in [-0.15, -0.1) is 0 Å². The van der Waals surface area contributed by atoms with Crippen LogP contribution in [0.5, 0.6) is 0 Å². The minimum Gasteiger partial charge on any atom is -0.465 e. The third kappa shape index (κ3) is 4.06. The Morgan fingerprint density at radius 1 is 1.20 bits per heavy atom. The van der Waals surface area contributed by atoms with E-state index in [9.17, 15) is 14.0 Å². The van der Waals surface area contributed by atoms with Crippen LogP contribution < -0.4 is 4.80 Å². The molecule has 30 heavy (non-hydrogen) atoms. The molecule has 0 saturated carbocycles. The lowest BCUT2D eigenvalue weighted by Crippen LogP contribution is -2.23. The second kappa shape index (κ2) is 8.42. The molecule has 1 amide bonds. The lowest BCUT2D eigenvalue weighted by Gasteiger charge is -2.04. The number of hydrogen-bond acceptors (Lipinski definition) is 6. The van der Waals surface area contributed by atoms with Gasteiger partial charge in [0.2, 0.25) is 0 Å². The van der Waals surface area contributed by atoms with Gasteiger partial charge in [0.25, 0.3) is 0 Å². The van der Waals surface area contributed by atoms with Crippen LogP contribution in [0.1, 0.15) is 17.4 Å². The zero-order chi connectivity index (χ0) is 21.1. The van der Waals surface area contributed by atoms with Crippen LogP contribution in [0.4, 0.5) is 4.39 Å². The molecule has 0 aliphatic rings. The van der Waals surface area contributed by atoms with Crippen molar-refractivity contribution in [2.75, 3.05) is 6.61 Å². The van der Waals surface area contributed by atoms with Crippen LogP contribution in [0.3, 0.4) is 0 Å². The molecule has 152 valence electrons. The van der Waals surface area contributed by atoms with E-state index >= 15 is 0 Å². The van der Waals surface area contributed by atoms with Crippen molar-refractivity contribution in [3.05, 3.63) is 70.9 Å². The molecule has 2 aromatic carbocycles. The van der Waals surface area contributed by atoms with E-state index in [1.165, 1.54) is 28.8 Å². The van der Waals surface area contributed by atoms with E-state index in [1.807, 2.05) is 30.3 Å². The Kier molecular flexibility index (Phi) is 5.53. The molecule has 0 spiro atoms. The molecule has 0 aliphatic heterocycles. The van der Waals surface area contributed by atoms with Crippen molar-refractivity contribution in [3.63, 3.8) is 0 Å². The van der Waals surface area contributed by atoms with Gasteiger partial charge in [-0.3, -0.25) is 9.59 Å². The van der Waals surface area contributed by atoms with Crippen LogP contribution in [-0.4, -0.2) is 28.2 Å². The highest BCUT2D eigenvalue weighted by atomic mass is 32.1. The fourth-order valence-corrected chi connectivity index (χ4v) is 3.93. The highest BCUT2D eigenvalue weighted by Gasteiger charge is 2.16. The van der Waals surface area contributed by atoms with E-state index in [2.05, 4.69) is 10.1 Å². The molecule has 7 nitrogen and oxygen atoms in total. The van der Waals surface area contributed by atoms with Crippen LogP contribution in [0.2, 0.25) is 0 Å². The van der Waals surface area contributed by atoms with E-state index in [0.29, 0.717) is 16.0 Å². The van der Waals surface area contributed by atoms with E-state index in [1.54, 1.807) is 6.92 Å². The number of amides is 1. The van der Waals surface area contributed by atoms with Crippen molar-refractivity contribution in [1.29, 1.82) is 0 Å². The van der Waals surface area contributed by atoms with E-state index in [4.69, 9.17) is 9.26 Å². The zero-order valence-corrected chi connectivity index (χ0v) is 16.7. The van der Waals surface area contributed by atoms with Gasteiger partial charge in [-0.05, 0) is 25.1 Å². The van der Waals surface area contributed by atoms with Gasteiger partial charge >= 0.3 is 11.9 Å². The number of carbonyl (C=O) groups is 2. The zero-order valence-electron chi connectivity index (χ0n) is 15.9. The van der Waals surface area contributed by atoms with Gasteiger partial charge in [0, 0.05) is 11.6 Å². The Balaban J connectivity index is 1.73. The highest BCUT2D eigenvalue weighted by Crippen LogP contribution is 2.21. The van der Waals surface area contributed by atoms with Gasteiger partial charge in [-0.1, -0.05) is 46.8 Å². The second-order valence-electron chi connectivity index (χ2n) is 6.25. The molecule has 0 fully saturated rings. The number of esters is 1. The van der Waals surface area contributed by atoms with Crippen molar-refractivity contribution < 1.29 is 23.2 Å². The fraction of sp³-hybridized carbons (Fsp3) is 0.143. The SMILES string of the molecule is CCOC(=O)Cn1c(=NC(=O)c2cc(-c3ccccc3)on2)sc2cc(F)ccc21. The highest BCUT2D eigenvalue weighted by molar-refractivity contribution is 7.16. The summed E-state index contributed by atoms with van der Waals surface area (Å²) in [4.78, 5) is 29.0.